The number of carbonyl (C=O) groups is 2. The van der Waals surface area contributed by atoms with Gasteiger partial charge in [-0.05, 0) is 48.9 Å². The number of anilines is 2. The highest BCUT2D eigenvalue weighted by atomic mass is 35.5. The smallest absolute Gasteiger partial charge is 0.266 e. The van der Waals surface area contributed by atoms with Crippen LogP contribution in [0.2, 0.25) is 5.02 Å². The van der Waals surface area contributed by atoms with Gasteiger partial charge < -0.3 is 4.42 Å². The fourth-order valence-corrected chi connectivity index (χ4v) is 6.19. The number of halogens is 1. The minimum atomic E-state index is -0.161. The van der Waals surface area contributed by atoms with Crippen LogP contribution < -0.4 is 4.90 Å². The van der Waals surface area contributed by atoms with E-state index < -0.39 is 0 Å². The lowest BCUT2D eigenvalue weighted by atomic mass is 10.2. The summed E-state index contributed by atoms with van der Waals surface area (Å²) >= 11 is 14.5. The first-order valence-corrected chi connectivity index (χ1v) is 12.6. The Morgan fingerprint density at radius 3 is 2.70 bits per heavy atom. The largest absolute Gasteiger partial charge is 0.465 e. The van der Waals surface area contributed by atoms with Gasteiger partial charge in [-0.15, -0.1) is 0 Å². The van der Waals surface area contributed by atoms with Crippen molar-refractivity contribution in [2.24, 2.45) is 0 Å². The van der Waals surface area contributed by atoms with Crippen LogP contribution in [0.5, 0.6) is 0 Å². The zero-order chi connectivity index (χ0) is 22.9. The molecule has 3 heterocycles. The van der Waals surface area contributed by atoms with Crippen LogP contribution in [0.15, 0.2) is 80.0 Å². The molecule has 2 aliphatic heterocycles. The molecule has 5 nitrogen and oxygen atoms in total. The maximum atomic E-state index is 13.4. The minimum Gasteiger partial charge on any atom is -0.465 e. The van der Waals surface area contributed by atoms with Crippen molar-refractivity contribution in [1.82, 2.24) is 4.90 Å². The molecule has 2 amide bonds. The predicted octanol–water partition coefficient (Wildman–Crippen LogP) is 6.74. The molecule has 1 saturated heterocycles. The molecule has 0 bridgehead atoms. The molecular formula is C24H17ClN2O3S3. The van der Waals surface area contributed by atoms with Gasteiger partial charge in [-0.2, -0.15) is 0 Å². The molecule has 0 unspecified atom stereocenters. The quantitative estimate of drug-likeness (QED) is 0.278. The van der Waals surface area contributed by atoms with Gasteiger partial charge in [0, 0.05) is 33.9 Å². The standard InChI is InChI=1S/C24H17ClN2O3S3/c25-15-9-10-20-18(13-15)27(17-6-1-2-7-19(17)32-20)22(28)8-3-11-26-23(29)21(33-24(26)31)14-16-5-4-12-30-16/h1-2,4-7,9-10,12-14H,3,8,11H2. The molecule has 166 valence electrons. The average Bonchev–Trinajstić information content (AvgIpc) is 3.41. The van der Waals surface area contributed by atoms with Crippen molar-refractivity contribution in [1.29, 1.82) is 0 Å². The number of rotatable bonds is 5. The third-order valence-corrected chi connectivity index (χ3v) is 7.94. The van der Waals surface area contributed by atoms with Crippen LogP contribution in [0.1, 0.15) is 18.6 Å². The molecule has 9 heteroatoms. The first-order valence-electron chi connectivity index (χ1n) is 10.2. The van der Waals surface area contributed by atoms with Crippen LogP contribution in [0.4, 0.5) is 11.4 Å². The Labute approximate surface area is 209 Å². The number of para-hydroxylation sites is 1. The second-order valence-electron chi connectivity index (χ2n) is 7.36. The first kappa shape index (κ1) is 22.3. The van der Waals surface area contributed by atoms with Gasteiger partial charge in [-0.1, -0.05) is 59.5 Å². The maximum Gasteiger partial charge on any atom is 0.266 e. The van der Waals surface area contributed by atoms with E-state index in [1.807, 2.05) is 42.5 Å². The summed E-state index contributed by atoms with van der Waals surface area (Å²) in [5.74, 6) is 0.387. The molecule has 3 aromatic rings. The third kappa shape index (κ3) is 4.48. The number of hydrogen-bond donors (Lipinski definition) is 0. The monoisotopic (exact) mass is 512 g/mol. The van der Waals surface area contributed by atoms with Gasteiger partial charge >= 0.3 is 0 Å². The molecule has 2 aliphatic rings. The van der Waals surface area contributed by atoms with E-state index in [1.54, 1.807) is 46.0 Å². The molecule has 0 aliphatic carbocycles. The Morgan fingerprint density at radius 1 is 1.06 bits per heavy atom. The second kappa shape index (κ2) is 9.38. The summed E-state index contributed by atoms with van der Waals surface area (Å²) in [5, 5.41) is 0.576. The number of amides is 2. The summed E-state index contributed by atoms with van der Waals surface area (Å²) in [6, 6.07) is 16.9. The molecule has 0 atom stereocenters. The number of thiocarbonyl (C=S) groups is 1. The lowest BCUT2D eigenvalue weighted by molar-refractivity contribution is -0.123. The number of carbonyl (C=O) groups excluding carboxylic acids is 2. The summed E-state index contributed by atoms with van der Waals surface area (Å²) < 4.78 is 5.78. The van der Waals surface area contributed by atoms with Crippen LogP contribution in [0.25, 0.3) is 6.08 Å². The summed E-state index contributed by atoms with van der Waals surface area (Å²) in [6.07, 6.45) is 3.99. The molecule has 0 saturated carbocycles. The van der Waals surface area contributed by atoms with Crippen molar-refractivity contribution < 1.29 is 14.0 Å². The van der Waals surface area contributed by atoms with Gasteiger partial charge in [-0.25, -0.2) is 0 Å². The highest BCUT2D eigenvalue weighted by molar-refractivity contribution is 8.26. The van der Waals surface area contributed by atoms with Gasteiger partial charge in [0.25, 0.3) is 5.91 Å². The lowest BCUT2D eigenvalue weighted by Crippen LogP contribution is -2.32. The SMILES string of the molecule is O=C1C(=Cc2ccco2)SC(=S)N1CCCC(=O)N1c2ccccc2Sc2ccc(Cl)cc21. The van der Waals surface area contributed by atoms with Crippen molar-refractivity contribution in [3.8, 4) is 0 Å². The van der Waals surface area contributed by atoms with Crippen molar-refractivity contribution in [3.63, 3.8) is 0 Å². The number of hydrogen-bond acceptors (Lipinski definition) is 6. The van der Waals surface area contributed by atoms with Gasteiger partial charge in [0.1, 0.15) is 10.1 Å². The third-order valence-electron chi connectivity index (χ3n) is 5.20. The normalized spacial score (nSPS) is 16.3. The van der Waals surface area contributed by atoms with E-state index in [4.69, 9.17) is 28.2 Å². The van der Waals surface area contributed by atoms with Gasteiger partial charge in [-0.3, -0.25) is 19.4 Å². The maximum absolute atomic E-state index is 13.4. The number of fused-ring (bicyclic) bond motifs is 2. The number of thioether (sulfide) groups is 1. The second-order valence-corrected chi connectivity index (χ2v) is 10.6. The van der Waals surface area contributed by atoms with E-state index >= 15 is 0 Å². The van der Waals surface area contributed by atoms with Gasteiger partial charge in [0.05, 0.1) is 22.5 Å². The molecular weight excluding hydrogens is 496 g/mol. The van der Waals surface area contributed by atoms with E-state index in [2.05, 4.69) is 0 Å². The summed E-state index contributed by atoms with van der Waals surface area (Å²) in [6.45, 7) is 0.374. The first-order chi connectivity index (χ1) is 16.0. The molecule has 1 fully saturated rings. The summed E-state index contributed by atoms with van der Waals surface area (Å²) in [7, 11) is 0. The molecule has 0 radical (unpaired) electrons. The molecule has 0 spiro atoms. The fourth-order valence-electron chi connectivity index (χ4n) is 3.69. The van der Waals surface area contributed by atoms with E-state index in [0.29, 0.717) is 33.0 Å². The van der Waals surface area contributed by atoms with Crippen molar-refractivity contribution in [3.05, 3.63) is 76.5 Å². The topological polar surface area (TPSA) is 53.8 Å². The number of benzene rings is 2. The Hall–Kier alpha value is -2.52. The number of furan rings is 1. The van der Waals surface area contributed by atoms with Crippen molar-refractivity contribution >= 4 is 80.9 Å². The zero-order valence-corrected chi connectivity index (χ0v) is 20.4. The molecule has 2 aromatic carbocycles. The average molecular weight is 513 g/mol. The van der Waals surface area contributed by atoms with E-state index in [-0.39, 0.29) is 18.2 Å². The van der Waals surface area contributed by atoms with Gasteiger partial charge in [0.2, 0.25) is 5.91 Å². The Morgan fingerprint density at radius 2 is 1.88 bits per heavy atom. The van der Waals surface area contributed by atoms with Crippen LogP contribution in [0, 0.1) is 0 Å². The van der Waals surface area contributed by atoms with Crippen LogP contribution in [-0.4, -0.2) is 27.6 Å². The highest BCUT2D eigenvalue weighted by Crippen LogP contribution is 2.49. The Balaban J connectivity index is 1.30. The molecule has 1 aromatic heterocycles. The lowest BCUT2D eigenvalue weighted by Gasteiger charge is -2.31. The molecule has 0 N–H and O–H groups in total. The van der Waals surface area contributed by atoms with Crippen molar-refractivity contribution in [2.75, 3.05) is 11.4 Å². The fraction of sp³-hybridized carbons (Fsp3) is 0.125. The Kier molecular flexibility index (Phi) is 6.34. The zero-order valence-electron chi connectivity index (χ0n) is 17.2. The van der Waals surface area contributed by atoms with Gasteiger partial charge in [0.15, 0.2) is 0 Å². The summed E-state index contributed by atoms with van der Waals surface area (Å²) in [5.41, 5.74) is 1.62. The van der Waals surface area contributed by atoms with E-state index in [0.717, 1.165) is 21.2 Å². The summed E-state index contributed by atoms with van der Waals surface area (Å²) in [4.78, 5) is 31.9. The van der Waals surface area contributed by atoms with E-state index in [1.165, 1.54) is 11.8 Å². The van der Waals surface area contributed by atoms with Crippen LogP contribution in [0.3, 0.4) is 0 Å². The predicted molar refractivity (Wildman–Crippen MR) is 137 cm³/mol. The number of nitrogens with zero attached hydrogens (tertiary/aromatic N) is 2. The minimum absolute atomic E-state index is 0.0529. The van der Waals surface area contributed by atoms with E-state index in [9.17, 15) is 9.59 Å². The van der Waals surface area contributed by atoms with Crippen molar-refractivity contribution in [2.45, 2.75) is 22.6 Å². The van der Waals surface area contributed by atoms with Crippen LogP contribution in [-0.2, 0) is 9.59 Å². The highest BCUT2D eigenvalue weighted by Gasteiger charge is 2.33. The molecule has 33 heavy (non-hydrogen) atoms. The van der Waals surface area contributed by atoms with Crippen LogP contribution >= 0.6 is 47.3 Å². The molecule has 5 rings (SSSR count). The Bertz CT molecular complexity index is 1290.